The number of ether oxygens (including phenoxy) is 2. The lowest BCUT2D eigenvalue weighted by atomic mass is 9.81. The van der Waals surface area contributed by atoms with Crippen molar-refractivity contribution in [3.05, 3.63) is 52.6 Å². The molecule has 152 valence electrons. The first-order valence-corrected chi connectivity index (χ1v) is 8.83. The molecule has 1 aliphatic rings. The summed E-state index contributed by atoms with van der Waals surface area (Å²) >= 11 is 0. The number of halogens is 1. The van der Waals surface area contributed by atoms with Crippen molar-refractivity contribution >= 4 is 11.9 Å². The fourth-order valence-electron chi connectivity index (χ4n) is 3.15. The molecule has 0 spiro atoms. The first-order chi connectivity index (χ1) is 13.4. The number of dihydropyridines is 1. The predicted molar refractivity (Wildman–Crippen MR) is 103 cm³/mol. The molecule has 6 nitrogen and oxygen atoms in total. The first kappa shape index (κ1) is 24.0. The zero-order valence-corrected chi connectivity index (χ0v) is 18.2. The maximum absolute atomic E-state index is 12.8. The van der Waals surface area contributed by atoms with E-state index in [1.165, 1.54) is 0 Å². The van der Waals surface area contributed by atoms with Crippen molar-refractivity contribution in [2.24, 2.45) is 0 Å². The van der Waals surface area contributed by atoms with Gasteiger partial charge in [0.05, 0.1) is 17.1 Å². The van der Waals surface area contributed by atoms with E-state index < -0.39 is 17.9 Å². The standard InChI is InChI=1S/C22H22N2O4.BrH/c1-6-12-27-21(25)18-15(4)23-16(5)19(22(26)28-13-7-2)20(18)17-10-9-11-24(8-3)14-17;/h1-2,9-11,14,20H,8,12-13H2,3-5H3;1H. The van der Waals surface area contributed by atoms with E-state index in [0.29, 0.717) is 22.5 Å². The van der Waals surface area contributed by atoms with Gasteiger partial charge in [0.2, 0.25) is 0 Å². The zero-order chi connectivity index (χ0) is 20.7. The molecule has 0 saturated heterocycles. The van der Waals surface area contributed by atoms with E-state index in [9.17, 15) is 9.59 Å². The smallest absolute Gasteiger partial charge is 0.337 e. The van der Waals surface area contributed by atoms with E-state index in [1.807, 2.05) is 36.0 Å². The molecule has 0 aromatic carbocycles. The summed E-state index contributed by atoms with van der Waals surface area (Å²) in [6, 6.07) is 3.71. The quantitative estimate of drug-likeness (QED) is 0.322. The molecule has 0 radical (unpaired) electrons. The molecule has 29 heavy (non-hydrogen) atoms. The molecule has 0 amide bonds. The van der Waals surface area contributed by atoms with E-state index in [0.717, 1.165) is 12.1 Å². The van der Waals surface area contributed by atoms with Crippen LogP contribution in [0, 0.1) is 24.7 Å². The Labute approximate surface area is 181 Å². The third kappa shape index (κ3) is 5.49. The number of terminal acetylenes is 2. The topological polar surface area (TPSA) is 68.5 Å². The molecule has 0 bridgehead atoms. The van der Waals surface area contributed by atoms with Crippen molar-refractivity contribution in [2.45, 2.75) is 33.2 Å². The molecular formula is C22H23BrN2O4. The lowest BCUT2D eigenvalue weighted by Gasteiger charge is -2.29. The molecule has 1 aromatic rings. The summed E-state index contributed by atoms with van der Waals surface area (Å²) in [7, 11) is 0. The van der Waals surface area contributed by atoms with Crippen LogP contribution in [0.15, 0.2) is 47.1 Å². The minimum Gasteiger partial charge on any atom is -1.00 e. The van der Waals surface area contributed by atoms with Crippen molar-refractivity contribution in [1.29, 1.82) is 0 Å². The fourth-order valence-corrected chi connectivity index (χ4v) is 3.15. The number of hydrogen-bond acceptors (Lipinski definition) is 5. The minimum absolute atomic E-state index is 0. The van der Waals surface area contributed by atoms with Crippen molar-refractivity contribution < 1.29 is 40.6 Å². The van der Waals surface area contributed by atoms with E-state index >= 15 is 0 Å². The van der Waals surface area contributed by atoms with Crippen LogP contribution < -0.4 is 26.9 Å². The number of carbonyl (C=O) groups excluding carboxylic acids is 2. The van der Waals surface area contributed by atoms with Crippen LogP contribution in [-0.4, -0.2) is 25.2 Å². The number of rotatable bonds is 6. The molecule has 0 fully saturated rings. The summed E-state index contributed by atoms with van der Waals surface area (Å²) in [6.07, 6.45) is 14.2. The summed E-state index contributed by atoms with van der Waals surface area (Å²) in [6.45, 7) is 5.92. The number of nitrogens with one attached hydrogen (secondary N) is 1. The first-order valence-electron chi connectivity index (χ1n) is 8.83. The van der Waals surface area contributed by atoms with Crippen LogP contribution in [0.1, 0.15) is 32.3 Å². The molecule has 7 heteroatoms. The van der Waals surface area contributed by atoms with Gasteiger partial charge in [0.1, 0.15) is 6.54 Å². The Morgan fingerprint density at radius 1 is 1.10 bits per heavy atom. The van der Waals surface area contributed by atoms with Gasteiger partial charge in [-0.3, -0.25) is 0 Å². The van der Waals surface area contributed by atoms with Gasteiger partial charge in [-0.2, -0.15) is 0 Å². The van der Waals surface area contributed by atoms with Crippen LogP contribution in [0.5, 0.6) is 0 Å². The van der Waals surface area contributed by atoms with Gasteiger partial charge in [0, 0.05) is 23.0 Å². The van der Waals surface area contributed by atoms with Crippen molar-refractivity contribution in [3.63, 3.8) is 0 Å². The Kier molecular flexibility index (Phi) is 9.18. The maximum Gasteiger partial charge on any atom is 0.337 e. The number of esters is 2. The van der Waals surface area contributed by atoms with E-state index in [4.69, 9.17) is 22.3 Å². The average Bonchev–Trinajstić information content (AvgIpc) is 2.69. The summed E-state index contributed by atoms with van der Waals surface area (Å²) in [5.74, 6) is 2.71. The van der Waals surface area contributed by atoms with Crippen LogP contribution in [0.4, 0.5) is 0 Å². The Morgan fingerprint density at radius 2 is 1.62 bits per heavy atom. The summed E-state index contributed by atoms with van der Waals surface area (Å²) < 4.78 is 12.3. The monoisotopic (exact) mass is 458 g/mol. The molecule has 1 N–H and O–H groups in total. The molecule has 2 heterocycles. The van der Waals surface area contributed by atoms with Gasteiger partial charge in [-0.15, -0.1) is 12.8 Å². The SMILES string of the molecule is C#CCOC(=O)C1=C(C)NC(C)=C(C(=O)OCC#C)C1c1ccc[n+](CC)c1.[Br-]. The number of allylic oxidation sites excluding steroid dienone is 2. The number of aromatic nitrogens is 1. The van der Waals surface area contributed by atoms with Crippen molar-refractivity contribution in [2.75, 3.05) is 13.2 Å². The third-order valence-electron chi connectivity index (χ3n) is 4.35. The molecule has 1 aromatic heterocycles. The van der Waals surface area contributed by atoms with Gasteiger partial charge in [-0.1, -0.05) is 11.8 Å². The largest absolute Gasteiger partial charge is 1.00 e. The normalized spacial score (nSPS) is 13.6. The lowest BCUT2D eigenvalue weighted by Crippen LogP contribution is -3.00. The second kappa shape index (κ2) is 11.1. The highest BCUT2D eigenvalue weighted by molar-refractivity contribution is 5.99. The minimum atomic E-state index is -0.671. The number of nitrogens with zero attached hydrogens (tertiary/aromatic N) is 1. The van der Waals surface area contributed by atoms with Gasteiger partial charge in [-0.05, 0) is 26.8 Å². The second-order valence-electron chi connectivity index (χ2n) is 6.16. The van der Waals surface area contributed by atoms with Crippen LogP contribution >= 0.6 is 0 Å². The molecule has 0 aliphatic carbocycles. The molecule has 0 atom stereocenters. The van der Waals surface area contributed by atoms with Gasteiger partial charge >= 0.3 is 11.9 Å². The highest BCUT2D eigenvalue weighted by atomic mass is 79.9. The van der Waals surface area contributed by atoms with Crippen LogP contribution in [-0.2, 0) is 25.6 Å². The molecule has 0 saturated carbocycles. The Balaban J connectivity index is 0.00000420. The van der Waals surface area contributed by atoms with Gasteiger partial charge < -0.3 is 31.8 Å². The summed E-state index contributed by atoms with van der Waals surface area (Å²) in [4.78, 5) is 25.5. The number of aryl methyl sites for hydroxylation is 1. The van der Waals surface area contributed by atoms with E-state index in [2.05, 4.69) is 17.2 Å². The van der Waals surface area contributed by atoms with Gasteiger partial charge in [0.15, 0.2) is 25.6 Å². The van der Waals surface area contributed by atoms with Gasteiger partial charge in [-0.25, -0.2) is 14.2 Å². The number of pyridine rings is 1. The Hall–Kier alpha value is -3.03. The number of carbonyl (C=O) groups is 2. The lowest BCUT2D eigenvalue weighted by molar-refractivity contribution is -0.694. The summed E-state index contributed by atoms with van der Waals surface area (Å²) in [5.41, 5.74) is 2.55. The molecule has 1 aliphatic heterocycles. The van der Waals surface area contributed by atoms with Crippen molar-refractivity contribution in [1.82, 2.24) is 5.32 Å². The zero-order valence-electron chi connectivity index (χ0n) is 16.6. The highest BCUT2D eigenvalue weighted by Crippen LogP contribution is 2.38. The van der Waals surface area contributed by atoms with Crippen LogP contribution in [0.25, 0.3) is 0 Å². The summed E-state index contributed by atoms with van der Waals surface area (Å²) in [5, 5.41) is 3.07. The average molecular weight is 459 g/mol. The Morgan fingerprint density at radius 3 is 2.07 bits per heavy atom. The second-order valence-corrected chi connectivity index (χ2v) is 6.16. The highest BCUT2D eigenvalue weighted by Gasteiger charge is 2.39. The number of hydrogen-bond donors (Lipinski definition) is 1. The molecule has 2 rings (SSSR count). The fraction of sp³-hybridized carbons (Fsp3) is 0.318. The van der Waals surface area contributed by atoms with Crippen molar-refractivity contribution in [3.8, 4) is 24.7 Å². The van der Waals surface area contributed by atoms with Gasteiger partial charge in [0.25, 0.3) is 0 Å². The Bertz CT molecular complexity index is 883. The third-order valence-corrected chi connectivity index (χ3v) is 4.35. The maximum atomic E-state index is 12.8. The van der Waals surface area contributed by atoms with E-state index in [-0.39, 0.29) is 30.2 Å². The van der Waals surface area contributed by atoms with Crippen LogP contribution in [0.2, 0.25) is 0 Å². The molecule has 0 unspecified atom stereocenters. The predicted octanol–water partition coefficient (Wildman–Crippen LogP) is -1.41. The molecular weight excluding hydrogens is 436 g/mol. The van der Waals surface area contributed by atoms with Crippen LogP contribution in [0.3, 0.4) is 0 Å². The van der Waals surface area contributed by atoms with E-state index in [1.54, 1.807) is 13.8 Å².